The van der Waals surface area contributed by atoms with Gasteiger partial charge in [-0.3, -0.25) is 9.59 Å². The van der Waals surface area contributed by atoms with Crippen LogP contribution >= 0.6 is 0 Å². The average molecular weight is 813 g/mol. The van der Waals surface area contributed by atoms with Gasteiger partial charge in [0.15, 0.2) is 12.1 Å². The van der Waals surface area contributed by atoms with Crippen LogP contribution < -0.4 is 0 Å². The number of carboxylic acids is 1. The molecule has 0 rings (SSSR count). The molecule has 8 heteroatoms. The van der Waals surface area contributed by atoms with E-state index in [4.69, 9.17) is 14.2 Å². The zero-order valence-electron chi connectivity index (χ0n) is 37.7. The molecule has 0 aliphatic carbocycles. The molecule has 0 amide bonds. The lowest BCUT2D eigenvalue weighted by Gasteiger charge is -2.31. The van der Waals surface area contributed by atoms with Gasteiger partial charge in [-0.25, -0.2) is 4.79 Å². The highest BCUT2D eigenvalue weighted by Crippen LogP contribution is 2.15. The molecule has 0 heterocycles. The molecule has 0 fully saturated rings. The van der Waals surface area contributed by atoms with Crippen LogP contribution in [-0.2, 0) is 28.6 Å². The van der Waals surface area contributed by atoms with Crippen molar-refractivity contribution in [3.05, 3.63) is 72.9 Å². The Morgan fingerprint density at radius 2 is 1.00 bits per heavy atom. The van der Waals surface area contributed by atoms with Gasteiger partial charge in [-0.1, -0.05) is 170 Å². The second-order valence-corrected chi connectivity index (χ2v) is 16.3. The highest BCUT2D eigenvalue weighted by molar-refractivity contribution is 5.72. The Hall–Kier alpha value is -3.23. The van der Waals surface area contributed by atoms with E-state index in [1.165, 1.54) is 77.0 Å². The maximum absolute atomic E-state index is 12.8. The summed E-state index contributed by atoms with van der Waals surface area (Å²) in [6.45, 7) is 4.45. The number of hydrogen-bond acceptors (Lipinski definition) is 6. The van der Waals surface area contributed by atoms with Gasteiger partial charge in [-0.15, -0.1) is 0 Å². The number of carbonyl (C=O) groups is 3. The Balaban J connectivity index is 4.30. The lowest BCUT2D eigenvalue weighted by atomic mass is 10.0. The molecule has 0 aliphatic rings. The fourth-order valence-corrected chi connectivity index (χ4v) is 6.43. The molecule has 1 N–H and O–H groups in total. The summed E-state index contributed by atoms with van der Waals surface area (Å²) in [5.41, 5.74) is 0. The van der Waals surface area contributed by atoms with Crippen LogP contribution in [0.1, 0.15) is 174 Å². The first-order valence-electron chi connectivity index (χ1n) is 23.0. The van der Waals surface area contributed by atoms with Gasteiger partial charge in [-0.05, 0) is 57.8 Å². The molecule has 8 nitrogen and oxygen atoms in total. The van der Waals surface area contributed by atoms with Gasteiger partial charge < -0.3 is 23.8 Å². The van der Waals surface area contributed by atoms with Crippen LogP contribution in [0.25, 0.3) is 0 Å². The quantitative estimate of drug-likeness (QED) is 0.0216. The minimum Gasteiger partial charge on any atom is -0.477 e. The highest BCUT2D eigenvalue weighted by atomic mass is 16.6. The van der Waals surface area contributed by atoms with Crippen molar-refractivity contribution in [3.8, 4) is 0 Å². The minimum atomic E-state index is -0.883. The molecule has 0 spiro atoms. The van der Waals surface area contributed by atoms with Crippen LogP contribution in [0.4, 0.5) is 0 Å². The predicted octanol–water partition coefficient (Wildman–Crippen LogP) is 12.7. The molecule has 332 valence electrons. The number of unbranched alkanes of at least 4 members (excludes halogenated alkanes) is 17. The largest absolute Gasteiger partial charge is 0.477 e. The Morgan fingerprint density at radius 1 is 0.534 bits per heavy atom. The third-order valence-corrected chi connectivity index (χ3v) is 9.95. The molecule has 2 atom stereocenters. The first-order chi connectivity index (χ1) is 28.1. The maximum Gasteiger partial charge on any atom is 0.362 e. The molecule has 0 aliphatic heterocycles. The van der Waals surface area contributed by atoms with Crippen molar-refractivity contribution >= 4 is 17.9 Å². The zero-order chi connectivity index (χ0) is 42.8. The topological polar surface area (TPSA) is 99.1 Å². The summed E-state index contributed by atoms with van der Waals surface area (Å²) in [4.78, 5) is 37.0. The van der Waals surface area contributed by atoms with Crippen molar-refractivity contribution in [2.75, 3.05) is 41.0 Å². The third kappa shape index (κ3) is 38.3. The lowest BCUT2D eigenvalue weighted by molar-refractivity contribution is -0.887. The Kier molecular flexibility index (Phi) is 38.3. The molecule has 2 unspecified atom stereocenters. The van der Waals surface area contributed by atoms with Crippen LogP contribution in [0.2, 0.25) is 0 Å². The van der Waals surface area contributed by atoms with E-state index in [1.807, 2.05) is 57.6 Å². The van der Waals surface area contributed by atoms with Gasteiger partial charge in [0.05, 0.1) is 34.4 Å². The molecular formula is C50H86NO7+. The summed E-state index contributed by atoms with van der Waals surface area (Å²) in [5, 5.41) is 9.62. The number of esters is 2. The van der Waals surface area contributed by atoms with Crippen molar-refractivity contribution < 1.29 is 38.2 Å². The average Bonchev–Trinajstić information content (AvgIpc) is 3.18. The highest BCUT2D eigenvalue weighted by Gasteiger charge is 2.31. The molecule has 0 radical (unpaired) electrons. The number of carbonyl (C=O) groups excluding carboxylic acids is 2. The van der Waals surface area contributed by atoms with Crippen molar-refractivity contribution in [1.29, 1.82) is 0 Å². The van der Waals surface area contributed by atoms with Crippen molar-refractivity contribution in [3.63, 3.8) is 0 Å². The molecule has 0 saturated heterocycles. The van der Waals surface area contributed by atoms with Gasteiger partial charge in [0.2, 0.25) is 0 Å². The van der Waals surface area contributed by atoms with E-state index in [9.17, 15) is 19.5 Å². The number of rotatable bonds is 40. The Labute approximate surface area is 355 Å². The number of aliphatic carboxylic acids is 1. The minimum absolute atomic E-state index is 0.0456. The third-order valence-electron chi connectivity index (χ3n) is 9.95. The Morgan fingerprint density at radius 3 is 1.55 bits per heavy atom. The van der Waals surface area contributed by atoms with Crippen molar-refractivity contribution in [2.45, 2.75) is 187 Å². The first kappa shape index (κ1) is 54.8. The van der Waals surface area contributed by atoms with E-state index in [0.29, 0.717) is 19.3 Å². The van der Waals surface area contributed by atoms with Gasteiger partial charge in [0.25, 0.3) is 0 Å². The molecule has 0 aromatic rings. The summed E-state index contributed by atoms with van der Waals surface area (Å²) < 4.78 is 17.2. The van der Waals surface area contributed by atoms with E-state index in [1.54, 1.807) is 0 Å². The summed E-state index contributed by atoms with van der Waals surface area (Å²) in [6, 6.07) is -0.623. The zero-order valence-corrected chi connectivity index (χ0v) is 37.7. The number of ether oxygens (including phenoxy) is 3. The number of quaternary nitrogens is 1. The first-order valence-corrected chi connectivity index (χ1v) is 23.0. The van der Waals surface area contributed by atoms with E-state index >= 15 is 0 Å². The Bertz CT molecular complexity index is 1180. The standard InChI is InChI=1S/C50H85NO7/c1-6-8-10-12-14-16-18-20-21-22-23-24-25-26-27-29-31-33-35-37-39-41-49(53)58-46(44-56-43-42-47(50(54)55)51(3,4)5)45-57-48(52)40-38-36-34-32-30-28-19-17-15-13-11-9-7-2/h8-11,13-17,19,28,30,46-47H,6-7,12,18,20-27,29,31-45H2,1-5H3/p+1/b10-8+,11-9+,15-13+,16-14+,19-17+,30-28+. The molecule has 58 heavy (non-hydrogen) atoms. The van der Waals surface area contributed by atoms with Crippen LogP contribution in [0.3, 0.4) is 0 Å². The molecule has 0 bridgehead atoms. The van der Waals surface area contributed by atoms with E-state index in [0.717, 1.165) is 64.2 Å². The number of hydrogen-bond donors (Lipinski definition) is 1. The summed E-state index contributed by atoms with van der Waals surface area (Å²) in [7, 11) is 5.51. The van der Waals surface area contributed by atoms with Gasteiger partial charge in [-0.2, -0.15) is 0 Å². The van der Waals surface area contributed by atoms with Crippen LogP contribution in [0.5, 0.6) is 0 Å². The molecule has 0 aromatic carbocycles. The van der Waals surface area contributed by atoms with E-state index in [2.05, 4.69) is 50.3 Å². The van der Waals surface area contributed by atoms with Crippen molar-refractivity contribution in [2.24, 2.45) is 0 Å². The van der Waals surface area contributed by atoms with Gasteiger partial charge in [0, 0.05) is 19.3 Å². The maximum atomic E-state index is 12.8. The van der Waals surface area contributed by atoms with E-state index in [-0.39, 0.29) is 36.2 Å². The van der Waals surface area contributed by atoms with Crippen LogP contribution in [0.15, 0.2) is 72.9 Å². The lowest BCUT2D eigenvalue weighted by Crippen LogP contribution is -2.50. The van der Waals surface area contributed by atoms with Crippen LogP contribution in [0, 0.1) is 0 Å². The number of likely N-dealkylation sites (N-methyl/N-ethyl adjacent to an activating group) is 1. The predicted molar refractivity (Wildman–Crippen MR) is 243 cm³/mol. The summed E-state index contributed by atoms with van der Waals surface area (Å²) in [6.07, 6.45) is 51.0. The SMILES string of the molecule is CC/C=C/C=C/C=C/C=C/CCCCCC(=O)OCC(COCCC(C(=O)O)[N+](C)(C)C)OC(=O)CCCCCCCCCCCCCCCC/C=C/C/C=C/CC. The summed E-state index contributed by atoms with van der Waals surface area (Å²) in [5.74, 6) is -1.52. The molecular weight excluding hydrogens is 727 g/mol. The summed E-state index contributed by atoms with van der Waals surface area (Å²) >= 11 is 0. The van der Waals surface area contributed by atoms with E-state index < -0.39 is 18.1 Å². The smallest absolute Gasteiger partial charge is 0.362 e. The fraction of sp³-hybridized carbons (Fsp3) is 0.700. The fourth-order valence-electron chi connectivity index (χ4n) is 6.43. The van der Waals surface area contributed by atoms with Gasteiger partial charge >= 0.3 is 17.9 Å². The number of carboxylic acid groups (broad SMARTS) is 1. The van der Waals surface area contributed by atoms with Gasteiger partial charge in [0.1, 0.15) is 6.61 Å². The van der Waals surface area contributed by atoms with Crippen LogP contribution in [-0.4, -0.2) is 80.6 Å². The molecule has 0 aromatic heterocycles. The number of allylic oxidation sites excluding steroid dienone is 12. The second-order valence-electron chi connectivity index (χ2n) is 16.3. The monoisotopic (exact) mass is 813 g/mol. The van der Waals surface area contributed by atoms with Crippen molar-refractivity contribution in [1.82, 2.24) is 0 Å². The number of nitrogens with zero attached hydrogens (tertiary/aromatic N) is 1. The normalized spacial score (nSPS) is 13.6. The molecule has 0 saturated carbocycles. The second kappa shape index (κ2) is 40.5.